The average molecular weight is 368 g/mol. The summed E-state index contributed by atoms with van der Waals surface area (Å²) in [6.45, 7) is 0. The number of methoxy groups -OCH3 is 2. The van der Waals surface area contributed by atoms with Gasteiger partial charge in [0.05, 0.1) is 25.3 Å². The van der Waals surface area contributed by atoms with Crippen molar-refractivity contribution in [2.45, 2.75) is 4.90 Å². The smallest absolute Gasteiger partial charge is 0.339 e. The second-order valence-corrected chi connectivity index (χ2v) is 6.27. The number of halogens is 1. The molecule has 25 heavy (non-hydrogen) atoms. The first kappa shape index (κ1) is 18.4. The van der Waals surface area contributed by atoms with Gasteiger partial charge in [-0.3, -0.25) is 0 Å². The monoisotopic (exact) mass is 368 g/mol. The summed E-state index contributed by atoms with van der Waals surface area (Å²) >= 11 is 0. The van der Waals surface area contributed by atoms with E-state index in [0.29, 0.717) is 0 Å². The highest BCUT2D eigenvalue weighted by molar-refractivity contribution is 7.87. The summed E-state index contributed by atoms with van der Waals surface area (Å²) in [7, 11) is -2.24. The Morgan fingerprint density at radius 3 is 1.96 bits per heavy atom. The van der Waals surface area contributed by atoms with Gasteiger partial charge in [-0.2, -0.15) is 8.42 Å². The fourth-order valence-corrected chi connectivity index (χ4v) is 2.90. The maximum absolute atomic E-state index is 13.2. The van der Waals surface area contributed by atoms with Crippen molar-refractivity contribution in [3.8, 4) is 5.75 Å². The zero-order valence-corrected chi connectivity index (χ0v) is 14.0. The lowest BCUT2D eigenvalue weighted by Gasteiger charge is -2.10. The summed E-state index contributed by atoms with van der Waals surface area (Å²) in [6, 6.07) is 7.59. The van der Waals surface area contributed by atoms with E-state index >= 15 is 0 Å². The molecule has 2 aromatic rings. The summed E-state index contributed by atoms with van der Waals surface area (Å²) in [4.78, 5) is 22.9. The maximum atomic E-state index is 13.2. The Bertz CT molecular complexity index is 888. The minimum atomic E-state index is -4.44. The van der Waals surface area contributed by atoms with Crippen LogP contribution in [-0.4, -0.2) is 34.6 Å². The van der Waals surface area contributed by atoms with Crippen LogP contribution in [0.3, 0.4) is 0 Å². The van der Waals surface area contributed by atoms with Gasteiger partial charge in [0.2, 0.25) is 0 Å². The highest BCUT2D eigenvalue weighted by atomic mass is 32.2. The van der Waals surface area contributed by atoms with E-state index < -0.39 is 32.8 Å². The van der Waals surface area contributed by atoms with E-state index in [1.807, 2.05) is 0 Å². The van der Waals surface area contributed by atoms with Crippen molar-refractivity contribution < 1.29 is 36.1 Å². The summed E-state index contributed by atoms with van der Waals surface area (Å²) in [6.07, 6.45) is 0. The van der Waals surface area contributed by atoms with E-state index in [4.69, 9.17) is 4.18 Å². The third-order valence-electron chi connectivity index (χ3n) is 3.04. The van der Waals surface area contributed by atoms with Crippen LogP contribution in [0.25, 0.3) is 0 Å². The number of hydrogen-bond acceptors (Lipinski definition) is 7. The molecule has 0 radical (unpaired) electrons. The molecule has 0 aliphatic carbocycles. The molecule has 7 nitrogen and oxygen atoms in total. The van der Waals surface area contributed by atoms with Crippen molar-refractivity contribution in [1.29, 1.82) is 0 Å². The van der Waals surface area contributed by atoms with Gasteiger partial charge in [-0.05, 0) is 30.3 Å². The molecule has 0 bridgehead atoms. The molecule has 0 aliphatic rings. The average Bonchev–Trinajstić information content (AvgIpc) is 2.59. The third-order valence-corrected chi connectivity index (χ3v) is 4.26. The van der Waals surface area contributed by atoms with Crippen LogP contribution < -0.4 is 4.18 Å². The molecule has 2 aromatic carbocycles. The molecule has 0 spiro atoms. The van der Waals surface area contributed by atoms with E-state index in [1.165, 1.54) is 12.1 Å². The Balaban J connectivity index is 2.51. The van der Waals surface area contributed by atoms with Gasteiger partial charge in [0.25, 0.3) is 0 Å². The number of benzene rings is 2. The number of carbonyl (C=O) groups excluding carboxylic acids is 2. The minimum absolute atomic E-state index is 0.188. The molecule has 132 valence electrons. The van der Waals surface area contributed by atoms with Crippen molar-refractivity contribution in [1.82, 2.24) is 0 Å². The van der Waals surface area contributed by atoms with Gasteiger partial charge in [-0.15, -0.1) is 0 Å². The minimum Gasteiger partial charge on any atom is -0.465 e. The van der Waals surface area contributed by atoms with Crippen LogP contribution in [0.1, 0.15) is 20.7 Å². The topological polar surface area (TPSA) is 96.0 Å². The molecule has 0 unspecified atom stereocenters. The zero-order valence-electron chi connectivity index (χ0n) is 13.2. The van der Waals surface area contributed by atoms with Gasteiger partial charge >= 0.3 is 22.1 Å². The third kappa shape index (κ3) is 4.32. The van der Waals surface area contributed by atoms with Gasteiger partial charge in [0.15, 0.2) is 0 Å². The predicted molar refractivity (Wildman–Crippen MR) is 83.3 cm³/mol. The summed E-state index contributed by atoms with van der Waals surface area (Å²) in [5, 5.41) is 0. The van der Waals surface area contributed by atoms with E-state index in [1.54, 1.807) is 0 Å². The molecule has 2 rings (SSSR count). The Hall–Kier alpha value is -2.94. The molecule has 0 aliphatic heterocycles. The number of carbonyl (C=O) groups is 2. The molecule has 9 heteroatoms. The molecule has 0 fully saturated rings. The first-order valence-electron chi connectivity index (χ1n) is 6.78. The van der Waals surface area contributed by atoms with Crippen molar-refractivity contribution in [3.63, 3.8) is 0 Å². The van der Waals surface area contributed by atoms with E-state index in [-0.39, 0.29) is 16.9 Å². The largest absolute Gasteiger partial charge is 0.465 e. The highest BCUT2D eigenvalue weighted by Gasteiger charge is 2.23. The lowest BCUT2D eigenvalue weighted by Crippen LogP contribution is -2.14. The van der Waals surface area contributed by atoms with Gasteiger partial charge in [-0.1, -0.05) is 6.07 Å². The molecular formula is C16H13FO7S. The molecule has 0 atom stereocenters. The van der Waals surface area contributed by atoms with Crippen LogP contribution in [0.5, 0.6) is 5.75 Å². The highest BCUT2D eigenvalue weighted by Crippen LogP contribution is 2.22. The standard InChI is InChI=1S/C16H13FO7S/c1-22-15(18)10-6-11(16(19)23-2)8-14(7-10)25(20,21)24-13-5-3-4-12(17)9-13/h3-9H,1-2H3. The van der Waals surface area contributed by atoms with Crippen LogP contribution in [0.2, 0.25) is 0 Å². The fraction of sp³-hybridized carbons (Fsp3) is 0.125. The van der Waals surface area contributed by atoms with Crippen molar-refractivity contribution >= 4 is 22.1 Å². The fourth-order valence-electron chi connectivity index (χ4n) is 1.91. The number of ether oxygens (including phenoxy) is 2. The summed E-state index contributed by atoms with van der Waals surface area (Å²) in [5.74, 6) is -2.66. The van der Waals surface area contributed by atoms with Crippen molar-refractivity contribution in [2.24, 2.45) is 0 Å². The summed E-state index contributed by atoms with van der Waals surface area (Å²) in [5.41, 5.74) is -0.376. The Morgan fingerprint density at radius 2 is 1.48 bits per heavy atom. The Morgan fingerprint density at radius 1 is 0.920 bits per heavy atom. The molecule has 0 N–H and O–H groups in total. The molecule has 0 heterocycles. The van der Waals surface area contributed by atoms with Crippen molar-refractivity contribution in [2.75, 3.05) is 14.2 Å². The molecule has 0 saturated heterocycles. The molecule has 0 aromatic heterocycles. The van der Waals surface area contributed by atoms with Gasteiger partial charge in [0, 0.05) is 6.07 Å². The lowest BCUT2D eigenvalue weighted by molar-refractivity contribution is 0.0598. The second-order valence-electron chi connectivity index (χ2n) is 4.72. The van der Waals surface area contributed by atoms with Crippen LogP contribution >= 0.6 is 0 Å². The molecule has 0 saturated carbocycles. The van der Waals surface area contributed by atoms with E-state index in [0.717, 1.165) is 44.6 Å². The van der Waals surface area contributed by atoms with Crippen molar-refractivity contribution in [3.05, 3.63) is 59.4 Å². The first-order chi connectivity index (χ1) is 11.8. The summed E-state index contributed by atoms with van der Waals surface area (Å²) < 4.78 is 51.9. The quantitative estimate of drug-likeness (QED) is 0.589. The van der Waals surface area contributed by atoms with Crippen LogP contribution in [0.15, 0.2) is 47.4 Å². The molecular weight excluding hydrogens is 355 g/mol. The number of hydrogen-bond donors (Lipinski definition) is 0. The Kier molecular flexibility index (Phi) is 5.38. The Labute approximate surface area is 143 Å². The van der Waals surface area contributed by atoms with E-state index in [9.17, 15) is 22.4 Å². The van der Waals surface area contributed by atoms with Gasteiger partial charge in [0.1, 0.15) is 16.5 Å². The SMILES string of the molecule is COC(=O)c1cc(C(=O)OC)cc(S(=O)(=O)Oc2cccc(F)c2)c1. The van der Waals surface area contributed by atoms with Gasteiger partial charge in [-0.25, -0.2) is 14.0 Å². The van der Waals surface area contributed by atoms with E-state index in [2.05, 4.69) is 9.47 Å². The normalized spacial score (nSPS) is 10.8. The zero-order chi connectivity index (χ0) is 18.6. The number of esters is 2. The maximum Gasteiger partial charge on any atom is 0.339 e. The van der Waals surface area contributed by atoms with Crippen LogP contribution in [0.4, 0.5) is 4.39 Å². The number of rotatable bonds is 5. The lowest BCUT2D eigenvalue weighted by atomic mass is 10.1. The predicted octanol–water partition coefficient (Wildman–Crippen LogP) is 2.17. The van der Waals surface area contributed by atoms with Gasteiger partial charge < -0.3 is 13.7 Å². The second kappa shape index (κ2) is 7.31. The first-order valence-corrected chi connectivity index (χ1v) is 8.19. The van der Waals surface area contributed by atoms with Crippen LogP contribution in [-0.2, 0) is 19.6 Å². The molecule has 0 amide bonds. The van der Waals surface area contributed by atoms with Crippen LogP contribution in [0, 0.1) is 5.82 Å².